The zero-order chi connectivity index (χ0) is 15.8. The summed E-state index contributed by atoms with van der Waals surface area (Å²) in [7, 11) is -4.28. The molecule has 0 bridgehead atoms. The van der Waals surface area contributed by atoms with Crippen molar-refractivity contribution in [2.75, 3.05) is 5.73 Å². The highest BCUT2D eigenvalue weighted by Gasteiger charge is 2.25. The molecule has 112 valence electrons. The maximum Gasteiger partial charge on any atom is 0.188 e. The Morgan fingerprint density at radius 2 is 1.62 bits per heavy atom. The number of nitrogen functional groups attached to an aromatic ring is 1. The van der Waals surface area contributed by atoms with Gasteiger partial charge in [0.2, 0.25) is 0 Å². The van der Waals surface area contributed by atoms with E-state index >= 15 is 0 Å². The molecule has 0 spiro atoms. The van der Waals surface area contributed by atoms with Crippen LogP contribution in [0.15, 0.2) is 39.7 Å². The zero-order valence-electron chi connectivity index (χ0n) is 10.4. The first-order valence-corrected chi connectivity index (χ1v) is 8.06. The molecule has 2 aromatic carbocycles. The van der Waals surface area contributed by atoms with E-state index in [1.807, 2.05) is 0 Å². The van der Waals surface area contributed by atoms with Crippen molar-refractivity contribution in [1.29, 1.82) is 0 Å². The molecule has 0 aromatic heterocycles. The Bertz CT molecular complexity index is 786. The quantitative estimate of drug-likeness (QED) is 0.831. The predicted octanol–water partition coefficient (Wildman–Crippen LogP) is 3.42. The van der Waals surface area contributed by atoms with Gasteiger partial charge < -0.3 is 5.73 Å². The Morgan fingerprint density at radius 3 is 2.14 bits per heavy atom. The molecule has 2 aromatic rings. The van der Waals surface area contributed by atoms with Gasteiger partial charge >= 0.3 is 0 Å². The predicted molar refractivity (Wildman–Crippen MR) is 75.8 cm³/mol. The van der Waals surface area contributed by atoms with E-state index in [1.54, 1.807) is 0 Å². The van der Waals surface area contributed by atoms with Crippen molar-refractivity contribution in [3.8, 4) is 0 Å². The van der Waals surface area contributed by atoms with Crippen molar-refractivity contribution in [3.63, 3.8) is 0 Å². The maximum absolute atomic E-state index is 13.7. The molecule has 2 N–H and O–H groups in total. The van der Waals surface area contributed by atoms with Crippen LogP contribution in [0.2, 0.25) is 0 Å². The summed E-state index contributed by atoms with van der Waals surface area (Å²) in [6.45, 7) is 0. The number of anilines is 1. The molecule has 0 saturated carbocycles. The summed E-state index contributed by atoms with van der Waals surface area (Å²) in [5.41, 5.74) is 5.21. The van der Waals surface area contributed by atoms with Crippen LogP contribution in [0.1, 0.15) is 5.56 Å². The minimum absolute atomic E-state index is 0.187. The molecule has 0 saturated heterocycles. The third kappa shape index (κ3) is 3.38. The standard InChI is InChI=1S/C13H9BrF3NO2S/c14-10-3-8(15)2-1-7(10)6-21(19,20)13-11(16)4-9(18)5-12(13)17/h1-5H,6,18H2. The van der Waals surface area contributed by atoms with Crippen molar-refractivity contribution >= 4 is 31.5 Å². The zero-order valence-corrected chi connectivity index (χ0v) is 12.8. The van der Waals surface area contributed by atoms with Crippen molar-refractivity contribution < 1.29 is 21.6 Å². The lowest BCUT2D eigenvalue weighted by Crippen LogP contribution is -2.11. The summed E-state index contributed by atoms with van der Waals surface area (Å²) >= 11 is 3.01. The Balaban J connectivity index is 2.48. The molecule has 21 heavy (non-hydrogen) atoms. The number of hydrogen-bond donors (Lipinski definition) is 1. The van der Waals surface area contributed by atoms with E-state index in [0.29, 0.717) is 0 Å². The number of hydrogen-bond acceptors (Lipinski definition) is 3. The molecule has 0 unspecified atom stereocenters. The number of halogens is 4. The van der Waals surface area contributed by atoms with Gasteiger partial charge in [-0.3, -0.25) is 0 Å². The highest BCUT2D eigenvalue weighted by Crippen LogP contribution is 2.27. The van der Waals surface area contributed by atoms with Gasteiger partial charge in [0.1, 0.15) is 22.3 Å². The van der Waals surface area contributed by atoms with Gasteiger partial charge in [-0.05, 0) is 29.8 Å². The summed E-state index contributed by atoms with van der Waals surface area (Å²) in [4.78, 5) is -1.05. The summed E-state index contributed by atoms with van der Waals surface area (Å²) in [5, 5.41) is 0. The molecular weight excluding hydrogens is 371 g/mol. The first-order valence-electron chi connectivity index (χ1n) is 5.62. The molecular formula is C13H9BrF3NO2S. The van der Waals surface area contributed by atoms with Crippen molar-refractivity contribution in [2.24, 2.45) is 0 Å². The van der Waals surface area contributed by atoms with Gasteiger partial charge in [-0.25, -0.2) is 21.6 Å². The lowest BCUT2D eigenvalue weighted by Gasteiger charge is -2.09. The SMILES string of the molecule is Nc1cc(F)c(S(=O)(=O)Cc2ccc(F)cc2Br)c(F)c1. The van der Waals surface area contributed by atoms with Crippen molar-refractivity contribution in [1.82, 2.24) is 0 Å². The second-order valence-corrected chi connectivity index (χ2v) is 7.09. The molecule has 0 radical (unpaired) electrons. The smallest absolute Gasteiger partial charge is 0.188 e. The lowest BCUT2D eigenvalue weighted by molar-refractivity contribution is 0.520. The van der Waals surface area contributed by atoms with Crippen molar-refractivity contribution in [3.05, 3.63) is 57.8 Å². The van der Waals surface area contributed by atoms with Crippen molar-refractivity contribution in [2.45, 2.75) is 10.6 Å². The molecule has 2 rings (SSSR count). The van der Waals surface area contributed by atoms with E-state index in [0.717, 1.165) is 24.3 Å². The van der Waals surface area contributed by atoms with Gasteiger partial charge in [0.25, 0.3) is 0 Å². The van der Waals surface area contributed by atoms with E-state index in [2.05, 4.69) is 15.9 Å². The monoisotopic (exact) mass is 379 g/mol. The first-order chi connectivity index (χ1) is 9.70. The first kappa shape index (κ1) is 15.8. The summed E-state index contributed by atoms with van der Waals surface area (Å²) in [5.74, 6) is -3.75. The largest absolute Gasteiger partial charge is 0.399 e. The Hall–Kier alpha value is -1.54. The van der Waals surface area contributed by atoms with Gasteiger partial charge in [0.15, 0.2) is 9.84 Å². The third-order valence-corrected chi connectivity index (χ3v) is 5.13. The summed E-state index contributed by atoms with van der Waals surface area (Å²) in [6, 6.07) is 4.82. The minimum Gasteiger partial charge on any atom is -0.399 e. The van der Waals surface area contributed by atoms with E-state index in [-0.39, 0.29) is 15.7 Å². The second kappa shape index (κ2) is 5.69. The number of nitrogens with two attached hydrogens (primary N) is 1. The Kier molecular flexibility index (Phi) is 4.29. The molecule has 0 aliphatic heterocycles. The molecule has 0 atom stereocenters. The van der Waals surface area contributed by atoms with Crippen LogP contribution >= 0.6 is 15.9 Å². The highest BCUT2D eigenvalue weighted by atomic mass is 79.9. The number of sulfone groups is 1. The second-order valence-electron chi connectivity index (χ2n) is 4.31. The molecule has 8 heteroatoms. The Labute approximate surface area is 127 Å². The van der Waals surface area contributed by atoms with Gasteiger partial charge in [0.05, 0.1) is 5.75 Å². The van der Waals surface area contributed by atoms with Crippen LogP contribution in [0, 0.1) is 17.5 Å². The topological polar surface area (TPSA) is 60.2 Å². The summed E-state index contributed by atoms with van der Waals surface area (Å²) in [6.07, 6.45) is 0. The van der Waals surface area contributed by atoms with Crippen LogP contribution in [0.25, 0.3) is 0 Å². The van der Waals surface area contributed by atoms with E-state index in [4.69, 9.17) is 5.73 Å². The lowest BCUT2D eigenvalue weighted by atomic mass is 10.2. The van der Waals surface area contributed by atoms with Gasteiger partial charge in [0, 0.05) is 10.2 Å². The molecule has 3 nitrogen and oxygen atoms in total. The van der Waals surface area contributed by atoms with E-state index < -0.39 is 37.9 Å². The van der Waals surface area contributed by atoms with Gasteiger partial charge in [-0.2, -0.15) is 0 Å². The van der Waals surface area contributed by atoms with E-state index in [9.17, 15) is 21.6 Å². The van der Waals surface area contributed by atoms with Crippen LogP contribution in [-0.4, -0.2) is 8.42 Å². The Morgan fingerprint density at radius 1 is 1.05 bits per heavy atom. The number of benzene rings is 2. The fraction of sp³-hybridized carbons (Fsp3) is 0.0769. The molecule has 0 heterocycles. The normalized spacial score (nSPS) is 11.6. The van der Waals surface area contributed by atoms with Gasteiger partial charge in [-0.1, -0.05) is 22.0 Å². The molecule has 0 aliphatic rings. The average Bonchev–Trinajstić information content (AvgIpc) is 2.30. The maximum atomic E-state index is 13.7. The molecule has 0 fully saturated rings. The van der Waals surface area contributed by atoms with Crippen LogP contribution < -0.4 is 5.73 Å². The fourth-order valence-electron chi connectivity index (χ4n) is 1.79. The van der Waals surface area contributed by atoms with Crippen LogP contribution in [0.5, 0.6) is 0 Å². The fourth-order valence-corrected chi connectivity index (χ4v) is 3.99. The minimum atomic E-state index is -4.28. The third-order valence-electron chi connectivity index (χ3n) is 2.69. The van der Waals surface area contributed by atoms with E-state index in [1.165, 1.54) is 6.07 Å². The van der Waals surface area contributed by atoms with Crippen LogP contribution in [0.3, 0.4) is 0 Å². The highest BCUT2D eigenvalue weighted by molar-refractivity contribution is 9.10. The van der Waals surface area contributed by atoms with Crippen LogP contribution in [0.4, 0.5) is 18.9 Å². The van der Waals surface area contributed by atoms with Gasteiger partial charge in [-0.15, -0.1) is 0 Å². The average molecular weight is 380 g/mol. The molecule has 0 aliphatic carbocycles. The summed E-state index contributed by atoms with van der Waals surface area (Å²) < 4.78 is 64.9. The molecule has 0 amide bonds. The number of rotatable bonds is 3. The van der Waals surface area contributed by atoms with Crippen LogP contribution in [-0.2, 0) is 15.6 Å².